The third-order valence-electron chi connectivity index (χ3n) is 1.75. The lowest BCUT2D eigenvalue weighted by Crippen LogP contribution is -2.43. The van der Waals surface area contributed by atoms with E-state index in [4.69, 9.17) is 27.9 Å². The van der Waals surface area contributed by atoms with Crippen LogP contribution in [0.15, 0.2) is 18.2 Å². The van der Waals surface area contributed by atoms with Crippen LogP contribution in [-0.2, 0) is 4.79 Å². The van der Waals surface area contributed by atoms with Crippen molar-refractivity contribution >= 4 is 29.1 Å². The molecule has 0 aliphatic carbocycles. The molecule has 4 nitrogen and oxygen atoms in total. The number of carbonyl (C=O) groups is 1. The van der Waals surface area contributed by atoms with Crippen LogP contribution in [0.3, 0.4) is 0 Å². The number of rotatable bonds is 5. The standard InChI is InChI=1S/C11H14Cl2N2O2/c1-7(2)14-15-11(16)6-17-10-4-3-8(12)5-9(10)13/h3-5,7,14H,6H2,1-2H3,(H,15,16). The maximum absolute atomic E-state index is 11.3. The first kappa shape index (κ1) is 14.1. The second kappa shape index (κ2) is 6.69. The van der Waals surface area contributed by atoms with Crippen molar-refractivity contribution in [2.24, 2.45) is 0 Å². The number of carbonyl (C=O) groups excluding carboxylic acids is 1. The van der Waals surface area contributed by atoms with Crippen molar-refractivity contribution in [2.45, 2.75) is 19.9 Å². The quantitative estimate of drug-likeness (QED) is 0.812. The minimum atomic E-state index is -0.273. The first-order valence-corrected chi connectivity index (χ1v) is 5.87. The Bertz CT molecular complexity index is 397. The summed E-state index contributed by atoms with van der Waals surface area (Å²) in [5, 5.41) is 0.899. The zero-order valence-electron chi connectivity index (χ0n) is 9.59. The van der Waals surface area contributed by atoms with Gasteiger partial charge in [0.25, 0.3) is 5.91 Å². The summed E-state index contributed by atoms with van der Waals surface area (Å²) in [6.45, 7) is 3.72. The fourth-order valence-corrected chi connectivity index (χ4v) is 1.46. The topological polar surface area (TPSA) is 50.4 Å². The van der Waals surface area contributed by atoms with Crippen molar-refractivity contribution in [3.05, 3.63) is 28.2 Å². The van der Waals surface area contributed by atoms with Crippen LogP contribution < -0.4 is 15.6 Å². The maximum atomic E-state index is 11.3. The Morgan fingerprint density at radius 1 is 1.41 bits per heavy atom. The minimum absolute atomic E-state index is 0.110. The molecule has 0 unspecified atom stereocenters. The number of hydrazine groups is 1. The van der Waals surface area contributed by atoms with E-state index in [0.29, 0.717) is 15.8 Å². The van der Waals surface area contributed by atoms with Gasteiger partial charge in [0.05, 0.1) is 5.02 Å². The summed E-state index contributed by atoms with van der Waals surface area (Å²) in [7, 11) is 0. The van der Waals surface area contributed by atoms with E-state index in [0.717, 1.165) is 0 Å². The van der Waals surface area contributed by atoms with Gasteiger partial charge in [0, 0.05) is 11.1 Å². The summed E-state index contributed by atoms with van der Waals surface area (Å²) in [4.78, 5) is 11.3. The Balaban J connectivity index is 2.42. The zero-order chi connectivity index (χ0) is 12.8. The molecule has 0 saturated heterocycles. The Labute approximate surface area is 110 Å². The van der Waals surface area contributed by atoms with Gasteiger partial charge in [-0.1, -0.05) is 23.2 Å². The maximum Gasteiger partial charge on any atom is 0.271 e. The van der Waals surface area contributed by atoms with Gasteiger partial charge in [0.15, 0.2) is 6.61 Å². The van der Waals surface area contributed by atoms with E-state index in [9.17, 15) is 4.79 Å². The van der Waals surface area contributed by atoms with Crippen LogP contribution >= 0.6 is 23.2 Å². The van der Waals surface area contributed by atoms with Crippen LogP contribution in [0.25, 0.3) is 0 Å². The molecule has 1 amide bonds. The average molecular weight is 277 g/mol. The van der Waals surface area contributed by atoms with Crippen molar-refractivity contribution in [1.82, 2.24) is 10.9 Å². The molecule has 0 heterocycles. The molecule has 0 radical (unpaired) electrons. The van der Waals surface area contributed by atoms with Crippen LogP contribution in [0.4, 0.5) is 0 Å². The molecule has 1 aromatic carbocycles. The molecule has 0 saturated carbocycles. The molecule has 1 rings (SSSR count). The minimum Gasteiger partial charge on any atom is -0.482 e. The number of hydrogen-bond donors (Lipinski definition) is 2. The highest BCUT2D eigenvalue weighted by molar-refractivity contribution is 6.35. The number of amides is 1. The second-order valence-electron chi connectivity index (χ2n) is 3.71. The highest BCUT2D eigenvalue weighted by Gasteiger charge is 2.06. The van der Waals surface area contributed by atoms with Crippen LogP contribution in [-0.4, -0.2) is 18.6 Å². The van der Waals surface area contributed by atoms with E-state index >= 15 is 0 Å². The molecule has 6 heteroatoms. The number of ether oxygens (including phenoxy) is 1. The van der Waals surface area contributed by atoms with E-state index < -0.39 is 0 Å². The molecule has 94 valence electrons. The first-order valence-electron chi connectivity index (χ1n) is 5.11. The van der Waals surface area contributed by atoms with Crippen LogP contribution in [0, 0.1) is 0 Å². The largest absolute Gasteiger partial charge is 0.482 e. The molecular formula is C11H14Cl2N2O2. The van der Waals surface area contributed by atoms with Gasteiger partial charge < -0.3 is 4.74 Å². The summed E-state index contributed by atoms with van der Waals surface area (Å²) >= 11 is 11.6. The average Bonchev–Trinajstić information content (AvgIpc) is 2.25. The van der Waals surface area contributed by atoms with Crippen LogP contribution in [0.5, 0.6) is 5.75 Å². The molecular weight excluding hydrogens is 263 g/mol. The molecule has 0 fully saturated rings. The van der Waals surface area contributed by atoms with E-state index in [2.05, 4.69) is 10.9 Å². The molecule has 0 aliphatic heterocycles. The third kappa shape index (κ3) is 5.26. The number of benzene rings is 1. The van der Waals surface area contributed by atoms with E-state index in [1.807, 2.05) is 13.8 Å². The van der Waals surface area contributed by atoms with Crippen LogP contribution in [0.2, 0.25) is 10.0 Å². The Kier molecular flexibility index (Phi) is 5.55. The van der Waals surface area contributed by atoms with E-state index in [-0.39, 0.29) is 18.6 Å². The van der Waals surface area contributed by atoms with Crippen molar-refractivity contribution < 1.29 is 9.53 Å². The second-order valence-corrected chi connectivity index (χ2v) is 4.55. The molecule has 0 aliphatic rings. The van der Waals surface area contributed by atoms with Crippen molar-refractivity contribution in [1.29, 1.82) is 0 Å². The molecule has 1 aromatic rings. The van der Waals surface area contributed by atoms with Gasteiger partial charge in [0.2, 0.25) is 0 Å². The van der Waals surface area contributed by atoms with Gasteiger partial charge in [-0.05, 0) is 32.0 Å². The van der Waals surface area contributed by atoms with Gasteiger partial charge in [0.1, 0.15) is 5.75 Å². The third-order valence-corrected chi connectivity index (χ3v) is 2.28. The smallest absolute Gasteiger partial charge is 0.271 e. The first-order chi connectivity index (χ1) is 7.99. The number of halogens is 2. The van der Waals surface area contributed by atoms with Crippen LogP contribution in [0.1, 0.15) is 13.8 Å². The Morgan fingerprint density at radius 2 is 2.12 bits per heavy atom. The molecule has 2 N–H and O–H groups in total. The summed E-state index contributed by atoms with van der Waals surface area (Å²) in [6.07, 6.45) is 0. The van der Waals surface area contributed by atoms with Crippen molar-refractivity contribution in [3.63, 3.8) is 0 Å². The predicted molar refractivity (Wildman–Crippen MR) is 68.4 cm³/mol. The summed E-state index contributed by atoms with van der Waals surface area (Å²) < 4.78 is 5.24. The van der Waals surface area contributed by atoms with E-state index in [1.165, 1.54) is 0 Å². The Morgan fingerprint density at radius 3 is 2.71 bits per heavy atom. The van der Waals surface area contributed by atoms with Gasteiger partial charge in [-0.25, -0.2) is 5.43 Å². The fraction of sp³-hybridized carbons (Fsp3) is 0.364. The fourth-order valence-electron chi connectivity index (χ4n) is 0.996. The highest BCUT2D eigenvalue weighted by atomic mass is 35.5. The lowest BCUT2D eigenvalue weighted by molar-refractivity contribution is -0.124. The highest BCUT2D eigenvalue weighted by Crippen LogP contribution is 2.27. The predicted octanol–water partition coefficient (Wildman–Crippen LogP) is 2.40. The van der Waals surface area contributed by atoms with Crippen molar-refractivity contribution in [2.75, 3.05) is 6.61 Å². The lowest BCUT2D eigenvalue weighted by atomic mass is 10.3. The van der Waals surface area contributed by atoms with E-state index in [1.54, 1.807) is 18.2 Å². The van der Waals surface area contributed by atoms with Crippen molar-refractivity contribution in [3.8, 4) is 5.75 Å². The zero-order valence-corrected chi connectivity index (χ0v) is 11.1. The summed E-state index contributed by atoms with van der Waals surface area (Å²) in [5.41, 5.74) is 5.27. The Hall–Kier alpha value is -0.970. The molecule has 0 spiro atoms. The lowest BCUT2D eigenvalue weighted by Gasteiger charge is -2.11. The number of nitrogens with one attached hydrogen (secondary N) is 2. The number of hydrogen-bond acceptors (Lipinski definition) is 3. The molecule has 0 bridgehead atoms. The molecule has 17 heavy (non-hydrogen) atoms. The molecule has 0 atom stereocenters. The summed E-state index contributed by atoms with van der Waals surface area (Å²) in [6, 6.07) is 4.99. The van der Waals surface area contributed by atoms with Gasteiger partial charge in [-0.2, -0.15) is 0 Å². The normalized spacial score (nSPS) is 10.4. The van der Waals surface area contributed by atoms with Gasteiger partial charge >= 0.3 is 0 Å². The van der Waals surface area contributed by atoms with Gasteiger partial charge in [-0.3, -0.25) is 10.2 Å². The monoisotopic (exact) mass is 276 g/mol. The summed E-state index contributed by atoms with van der Waals surface area (Å²) in [5.74, 6) is 0.153. The molecule has 0 aromatic heterocycles. The SMILES string of the molecule is CC(C)NNC(=O)COc1ccc(Cl)cc1Cl. The van der Waals surface area contributed by atoms with Gasteiger partial charge in [-0.15, -0.1) is 0 Å².